The van der Waals surface area contributed by atoms with Gasteiger partial charge in [0, 0.05) is 37.8 Å². The molecule has 2 heterocycles. The summed E-state index contributed by atoms with van der Waals surface area (Å²) in [6.07, 6.45) is 6.16. The molecule has 2 aromatic carbocycles. The van der Waals surface area contributed by atoms with Crippen LogP contribution in [-0.2, 0) is 4.79 Å². The Kier molecular flexibility index (Phi) is 8.80. The molecular formula is C29H26F5N5O2. The van der Waals surface area contributed by atoms with Gasteiger partial charge < -0.3 is 15.4 Å². The van der Waals surface area contributed by atoms with E-state index in [9.17, 15) is 22.4 Å². The number of piperidine rings is 1. The molecule has 1 amide bonds. The molecule has 4 rings (SSSR count). The van der Waals surface area contributed by atoms with Crippen LogP contribution in [0.2, 0.25) is 0 Å². The predicted octanol–water partition coefficient (Wildman–Crippen LogP) is 5.84. The number of nitrogens with two attached hydrogens (primary N) is 1. The standard InChI is InChI=1S/C29H26F5N5O2/c1-4-22(40)39-9-5-6-16(13-39)10-15(2)26-23(29(35)38-14-37-26)27(36-3)18-8-7-17(11-19(18)30)41-28-24(33)20(31)12-21(32)25(28)34/h4,7-8,10-12,14,16H,1,5-6,9,13H2,2-3H3,(H2,35,37,38)/b15-10-,36-27?. The number of hydrogen-bond acceptors (Lipinski definition) is 6. The highest BCUT2D eigenvalue weighted by atomic mass is 19.2. The van der Waals surface area contributed by atoms with E-state index in [2.05, 4.69) is 21.5 Å². The van der Waals surface area contributed by atoms with E-state index in [4.69, 9.17) is 10.5 Å². The van der Waals surface area contributed by atoms with E-state index in [1.54, 1.807) is 11.8 Å². The Balaban J connectivity index is 1.68. The van der Waals surface area contributed by atoms with Crippen LogP contribution in [0.5, 0.6) is 11.5 Å². The SMILES string of the molecule is C=CC(=O)N1CCCC(/C=C(/C)c2ncnc(N)c2C(=NC)c2ccc(Oc3c(F)c(F)cc(F)c3F)cc2F)C1. The van der Waals surface area contributed by atoms with E-state index in [0.717, 1.165) is 25.0 Å². The van der Waals surface area contributed by atoms with E-state index >= 15 is 4.39 Å². The minimum Gasteiger partial charge on any atom is -0.451 e. The maximum Gasteiger partial charge on any atom is 0.245 e. The third-order valence-corrected chi connectivity index (χ3v) is 6.63. The molecule has 1 aliphatic rings. The van der Waals surface area contributed by atoms with Crippen LogP contribution in [0, 0.1) is 35.0 Å². The van der Waals surface area contributed by atoms with Gasteiger partial charge in [-0.15, -0.1) is 0 Å². The van der Waals surface area contributed by atoms with Crippen molar-refractivity contribution in [2.75, 3.05) is 25.9 Å². The summed E-state index contributed by atoms with van der Waals surface area (Å²) in [6.45, 7) is 6.49. The van der Waals surface area contributed by atoms with Gasteiger partial charge in [0.05, 0.1) is 17.0 Å². The lowest BCUT2D eigenvalue weighted by atomic mass is 9.92. The van der Waals surface area contributed by atoms with Crippen molar-refractivity contribution in [1.29, 1.82) is 0 Å². The number of rotatable bonds is 7. The number of allylic oxidation sites excluding steroid dienone is 1. The molecule has 0 spiro atoms. The molecule has 12 heteroatoms. The number of halogens is 5. The third-order valence-electron chi connectivity index (χ3n) is 6.63. The van der Waals surface area contributed by atoms with Crippen LogP contribution in [-0.4, -0.2) is 46.6 Å². The number of aliphatic imine (C=N–C) groups is 1. The van der Waals surface area contributed by atoms with Crippen LogP contribution in [0.15, 0.2) is 54.3 Å². The third kappa shape index (κ3) is 6.11. The van der Waals surface area contributed by atoms with Gasteiger partial charge in [-0.1, -0.05) is 12.7 Å². The number of aromatic nitrogens is 2. The smallest absolute Gasteiger partial charge is 0.245 e. The zero-order valence-electron chi connectivity index (χ0n) is 22.2. The van der Waals surface area contributed by atoms with E-state index in [-0.39, 0.29) is 40.5 Å². The van der Waals surface area contributed by atoms with Crippen molar-refractivity contribution in [2.45, 2.75) is 19.8 Å². The highest BCUT2D eigenvalue weighted by molar-refractivity contribution is 6.17. The fourth-order valence-corrected chi connectivity index (χ4v) is 4.72. The molecule has 3 aromatic rings. The number of carbonyl (C=O) groups excluding carboxylic acids is 1. The number of benzene rings is 2. The summed E-state index contributed by atoms with van der Waals surface area (Å²) in [6, 6.07) is 3.20. The van der Waals surface area contributed by atoms with Gasteiger partial charge in [-0.25, -0.2) is 23.1 Å². The largest absolute Gasteiger partial charge is 0.451 e. The van der Waals surface area contributed by atoms with Crippen molar-refractivity contribution in [3.05, 3.63) is 95.2 Å². The van der Waals surface area contributed by atoms with Gasteiger partial charge >= 0.3 is 0 Å². The average Bonchev–Trinajstić information content (AvgIpc) is 2.96. The second kappa shape index (κ2) is 12.3. The van der Waals surface area contributed by atoms with E-state index in [1.807, 2.05) is 6.08 Å². The summed E-state index contributed by atoms with van der Waals surface area (Å²) < 4.78 is 75.6. The van der Waals surface area contributed by atoms with Gasteiger partial charge in [-0.05, 0) is 49.5 Å². The van der Waals surface area contributed by atoms with Crippen LogP contribution in [0.25, 0.3) is 5.57 Å². The van der Waals surface area contributed by atoms with Crippen molar-refractivity contribution in [3.8, 4) is 11.5 Å². The number of amides is 1. The molecule has 1 aromatic heterocycles. The molecule has 214 valence electrons. The Morgan fingerprint density at radius 2 is 1.83 bits per heavy atom. The van der Waals surface area contributed by atoms with Gasteiger partial charge in [0.1, 0.15) is 23.7 Å². The number of nitrogens with zero attached hydrogens (tertiary/aromatic N) is 4. The van der Waals surface area contributed by atoms with E-state index in [0.29, 0.717) is 24.4 Å². The zero-order valence-corrected chi connectivity index (χ0v) is 22.2. The molecule has 0 aliphatic carbocycles. The fraction of sp³-hybridized carbons (Fsp3) is 0.241. The Morgan fingerprint density at radius 1 is 1.12 bits per heavy atom. The molecule has 0 bridgehead atoms. The maximum atomic E-state index is 15.4. The number of nitrogen functional groups attached to an aromatic ring is 1. The normalized spacial score (nSPS) is 16.1. The first-order chi connectivity index (χ1) is 19.5. The molecule has 1 saturated heterocycles. The molecule has 1 fully saturated rings. The van der Waals surface area contributed by atoms with Gasteiger partial charge in [0.2, 0.25) is 23.3 Å². The van der Waals surface area contributed by atoms with Crippen LogP contribution < -0.4 is 10.5 Å². The quantitative estimate of drug-likeness (QED) is 0.166. The van der Waals surface area contributed by atoms with Crippen molar-refractivity contribution in [1.82, 2.24) is 14.9 Å². The molecule has 7 nitrogen and oxygen atoms in total. The highest BCUT2D eigenvalue weighted by Crippen LogP contribution is 2.33. The number of ether oxygens (including phenoxy) is 1. The minimum atomic E-state index is -1.76. The Hall–Kier alpha value is -4.61. The first kappa shape index (κ1) is 29.4. The van der Waals surface area contributed by atoms with Gasteiger partial charge in [0.15, 0.2) is 11.6 Å². The lowest BCUT2D eigenvalue weighted by Crippen LogP contribution is -2.38. The lowest BCUT2D eigenvalue weighted by Gasteiger charge is -2.31. The van der Waals surface area contributed by atoms with Crippen LogP contribution >= 0.6 is 0 Å². The van der Waals surface area contributed by atoms with E-state index in [1.165, 1.54) is 25.5 Å². The number of hydrogen-bond donors (Lipinski definition) is 1. The van der Waals surface area contributed by atoms with E-state index < -0.39 is 40.6 Å². The predicted molar refractivity (Wildman–Crippen MR) is 144 cm³/mol. The summed E-state index contributed by atoms with van der Waals surface area (Å²) in [5, 5.41) is 0. The number of likely N-dealkylation sites (tertiary alicyclic amines) is 1. The average molecular weight is 572 g/mol. The molecule has 0 radical (unpaired) electrons. The topological polar surface area (TPSA) is 93.7 Å². The number of anilines is 1. The Morgan fingerprint density at radius 3 is 2.46 bits per heavy atom. The summed E-state index contributed by atoms with van der Waals surface area (Å²) in [5.74, 6) is -9.66. The Labute approximate surface area is 232 Å². The van der Waals surface area contributed by atoms with Gasteiger partial charge in [0.25, 0.3) is 0 Å². The minimum absolute atomic E-state index is 0.0227. The van der Waals surface area contributed by atoms with Crippen LogP contribution in [0.3, 0.4) is 0 Å². The van der Waals surface area contributed by atoms with Crippen LogP contribution in [0.4, 0.5) is 27.8 Å². The molecule has 1 unspecified atom stereocenters. The summed E-state index contributed by atoms with van der Waals surface area (Å²) >= 11 is 0. The zero-order chi connectivity index (χ0) is 29.8. The molecule has 0 saturated carbocycles. The van der Waals surface area contributed by atoms with Crippen molar-refractivity contribution >= 4 is 23.0 Å². The molecule has 1 atom stereocenters. The van der Waals surface area contributed by atoms with Crippen molar-refractivity contribution < 1.29 is 31.5 Å². The fourth-order valence-electron chi connectivity index (χ4n) is 4.72. The van der Waals surface area contributed by atoms with Crippen LogP contribution in [0.1, 0.15) is 36.6 Å². The molecular weight excluding hydrogens is 545 g/mol. The second-order valence-electron chi connectivity index (χ2n) is 9.34. The molecule has 41 heavy (non-hydrogen) atoms. The van der Waals surface area contributed by atoms with Gasteiger partial charge in [-0.3, -0.25) is 9.79 Å². The highest BCUT2D eigenvalue weighted by Gasteiger charge is 2.25. The molecule has 1 aliphatic heterocycles. The van der Waals surface area contributed by atoms with Crippen molar-refractivity contribution in [3.63, 3.8) is 0 Å². The van der Waals surface area contributed by atoms with Gasteiger partial charge in [-0.2, -0.15) is 8.78 Å². The summed E-state index contributed by atoms with van der Waals surface area (Å²) in [5.41, 5.74) is 7.56. The summed E-state index contributed by atoms with van der Waals surface area (Å²) in [7, 11) is 1.41. The first-order valence-electron chi connectivity index (χ1n) is 12.5. The monoisotopic (exact) mass is 571 g/mol. The first-order valence-corrected chi connectivity index (χ1v) is 12.5. The van der Waals surface area contributed by atoms with Crippen molar-refractivity contribution in [2.24, 2.45) is 10.9 Å². The molecule has 2 N–H and O–H groups in total. The number of carbonyl (C=O) groups is 1. The lowest BCUT2D eigenvalue weighted by molar-refractivity contribution is -0.127. The Bertz CT molecular complexity index is 1550. The summed E-state index contributed by atoms with van der Waals surface area (Å²) in [4.78, 5) is 26.4. The second-order valence-corrected chi connectivity index (χ2v) is 9.34. The maximum absolute atomic E-state index is 15.4.